The Hall–Kier alpha value is -1.33. The quantitative estimate of drug-likeness (QED) is 0.452. The third-order valence-electron chi connectivity index (χ3n) is 3.51. The molecular formula is C18H16INS. The molecule has 0 atom stereocenters. The van der Waals surface area contributed by atoms with Crippen molar-refractivity contribution in [3.8, 4) is 10.4 Å². The van der Waals surface area contributed by atoms with Crippen LogP contribution in [0.2, 0.25) is 0 Å². The second-order valence-electron chi connectivity index (χ2n) is 5.14. The highest BCUT2D eigenvalue weighted by Gasteiger charge is 2.06. The summed E-state index contributed by atoms with van der Waals surface area (Å²) in [7, 11) is 0. The number of hydrogen-bond acceptors (Lipinski definition) is 2. The van der Waals surface area contributed by atoms with Gasteiger partial charge in [0.1, 0.15) is 0 Å². The van der Waals surface area contributed by atoms with Crippen LogP contribution in [0.15, 0.2) is 54.6 Å². The van der Waals surface area contributed by atoms with E-state index in [1.807, 2.05) is 29.5 Å². The molecule has 0 unspecified atom stereocenters. The summed E-state index contributed by atoms with van der Waals surface area (Å²) in [6.07, 6.45) is 0.996. The number of thiophene rings is 1. The summed E-state index contributed by atoms with van der Waals surface area (Å²) < 4.78 is 1.29. The number of benzene rings is 2. The van der Waals surface area contributed by atoms with Crippen molar-refractivity contribution in [3.05, 3.63) is 74.2 Å². The Morgan fingerprint density at radius 1 is 1.05 bits per heavy atom. The maximum Gasteiger partial charge on any atom is 0.0346 e. The van der Waals surface area contributed by atoms with Crippen LogP contribution in [0.4, 0.5) is 5.69 Å². The highest BCUT2D eigenvalue weighted by atomic mass is 127. The first-order chi connectivity index (χ1) is 10.1. The number of aryl methyl sites for hydroxylation is 1. The molecule has 1 heterocycles. The monoisotopic (exact) mass is 405 g/mol. The molecule has 0 fully saturated rings. The van der Waals surface area contributed by atoms with Gasteiger partial charge in [-0.3, -0.25) is 0 Å². The maximum absolute atomic E-state index is 5.87. The fourth-order valence-electron chi connectivity index (χ4n) is 2.34. The van der Waals surface area contributed by atoms with Gasteiger partial charge in [-0.2, -0.15) is 0 Å². The van der Waals surface area contributed by atoms with E-state index >= 15 is 0 Å². The van der Waals surface area contributed by atoms with E-state index in [0.717, 1.165) is 12.1 Å². The highest BCUT2D eigenvalue weighted by Crippen LogP contribution is 2.31. The summed E-state index contributed by atoms with van der Waals surface area (Å²) >= 11 is 4.22. The third-order valence-corrected chi connectivity index (χ3v) is 5.31. The minimum absolute atomic E-state index is 0.816. The van der Waals surface area contributed by atoms with Crippen molar-refractivity contribution in [2.24, 2.45) is 0 Å². The SMILES string of the molecule is Cc1ccc(I)cc1Cc1ccc(-c2cccc(N)c2)s1. The standard InChI is InChI=1S/C18H16INS/c1-12-5-6-15(19)9-14(12)11-17-7-8-18(21-17)13-3-2-4-16(20)10-13/h2-10H,11,20H2,1H3. The van der Waals surface area contributed by atoms with Gasteiger partial charge in [0.2, 0.25) is 0 Å². The Kier molecular flexibility index (Phi) is 4.31. The lowest BCUT2D eigenvalue weighted by molar-refractivity contribution is 1.19. The molecule has 0 bridgehead atoms. The first-order valence-corrected chi connectivity index (χ1v) is 8.71. The topological polar surface area (TPSA) is 26.0 Å². The molecule has 21 heavy (non-hydrogen) atoms. The molecule has 1 nitrogen and oxygen atoms in total. The van der Waals surface area contributed by atoms with Crippen LogP contribution in [-0.2, 0) is 6.42 Å². The molecule has 0 aliphatic carbocycles. The number of anilines is 1. The van der Waals surface area contributed by atoms with E-state index in [0.29, 0.717) is 0 Å². The summed E-state index contributed by atoms with van der Waals surface area (Å²) in [5, 5.41) is 0. The Bertz CT molecular complexity index is 776. The normalized spacial score (nSPS) is 10.8. The van der Waals surface area contributed by atoms with Crippen LogP contribution in [0.1, 0.15) is 16.0 Å². The van der Waals surface area contributed by atoms with Crippen molar-refractivity contribution >= 4 is 39.6 Å². The largest absolute Gasteiger partial charge is 0.399 e. The lowest BCUT2D eigenvalue weighted by Crippen LogP contribution is -1.90. The number of hydrogen-bond donors (Lipinski definition) is 1. The van der Waals surface area contributed by atoms with Gasteiger partial charge in [-0.15, -0.1) is 11.3 Å². The van der Waals surface area contributed by atoms with Crippen LogP contribution in [0, 0.1) is 10.5 Å². The Morgan fingerprint density at radius 2 is 1.90 bits per heavy atom. The smallest absolute Gasteiger partial charge is 0.0346 e. The van der Waals surface area contributed by atoms with Crippen molar-refractivity contribution in [1.29, 1.82) is 0 Å². The lowest BCUT2D eigenvalue weighted by Gasteiger charge is -2.05. The van der Waals surface area contributed by atoms with E-state index in [2.05, 4.69) is 65.9 Å². The van der Waals surface area contributed by atoms with E-state index in [1.165, 1.54) is 30.0 Å². The minimum atomic E-state index is 0.816. The van der Waals surface area contributed by atoms with Crippen LogP contribution in [0.5, 0.6) is 0 Å². The Balaban J connectivity index is 1.87. The zero-order valence-electron chi connectivity index (χ0n) is 11.8. The average Bonchev–Trinajstić information content (AvgIpc) is 2.91. The van der Waals surface area contributed by atoms with Crippen LogP contribution in [-0.4, -0.2) is 0 Å². The van der Waals surface area contributed by atoms with Gasteiger partial charge in [-0.25, -0.2) is 0 Å². The average molecular weight is 405 g/mol. The fourth-order valence-corrected chi connectivity index (χ4v) is 3.92. The van der Waals surface area contributed by atoms with E-state index in [4.69, 9.17) is 5.73 Å². The molecule has 0 aliphatic rings. The van der Waals surface area contributed by atoms with Gasteiger partial charge in [0.25, 0.3) is 0 Å². The molecule has 1 aromatic heterocycles. The summed E-state index contributed by atoms with van der Waals surface area (Å²) in [5.74, 6) is 0. The van der Waals surface area contributed by atoms with Gasteiger partial charge >= 0.3 is 0 Å². The predicted molar refractivity (Wildman–Crippen MR) is 101 cm³/mol. The van der Waals surface area contributed by atoms with Gasteiger partial charge < -0.3 is 5.73 Å². The van der Waals surface area contributed by atoms with Crippen LogP contribution >= 0.6 is 33.9 Å². The van der Waals surface area contributed by atoms with Gasteiger partial charge in [0.05, 0.1) is 0 Å². The van der Waals surface area contributed by atoms with Crippen molar-refractivity contribution < 1.29 is 0 Å². The summed E-state index contributed by atoms with van der Waals surface area (Å²) in [6, 6.07) is 19.1. The Morgan fingerprint density at radius 3 is 2.71 bits per heavy atom. The second-order valence-corrected chi connectivity index (χ2v) is 7.55. The Labute approximate surface area is 143 Å². The summed E-state index contributed by atoms with van der Waals surface area (Å²) in [5.41, 5.74) is 10.6. The summed E-state index contributed by atoms with van der Waals surface area (Å²) in [4.78, 5) is 2.66. The van der Waals surface area contributed by atoms with E-state index < -0.39 is 0 Å². The third kappa shape index (κ3) is 3.47. The molecule has 0 spiro atoms. The zero-order chi connectivity index (χ0) is 14.8. The summed E-state index contributed by atoms with van der Waals surface area (Å²) in [6.45, 7) is 2.18. The molecule has 0 saturated carbocycles. The van der Waals surface area contributed by atoms with Gasteiger partial charge in [0, 0.05) is 25.4 Å². The van der Waals surface area contributed by atoms with Crippen LogP contribution in [0.25, 0.3) is 10.4 Å². The highest BCUT2D eigenvalue weighted by molar-refractivity contribution is 14.1. The molecule has 2 aromatic carbocycles. The van der Waals surface area contributed by atoms with E-state index in [-0.39, 0.29) is 0 Å². The van der Waals surface area contributed by atoms with E-state index in [9.17, 15) is 0 Å². The maximum atomic E-state index is 5.87. The molecular weight excluding hydrogens is 389 g/mol. The number of halogens is 1. The number of nitrogens with two attached hydrogens (primary N) is 1. The second kappa shape index (κ2) is 6.20. The van der Waals surface area contributed by atoms with Gasteiger partial charge in [0.15, 0.2) is 0 Å². The molecule has 0 aliphatic heterocycles. The predicted octanol–water partition coefficient (Wildman–Crippen LogP) is 5.50. The van der Waals surface area contributed by atoms with Crippen molar-refractivity contribution in [1.82, 2.24) is 0 Å². The first kappa shape index (κ1) is 14.6. The van der Waals surface area contributed by atoms with Crippen molar-refractivity contribution in [2.45, 2.75) is 13.3 Å². The van der Waals surface area contributed by atoms with Crippen LogP contribution < -0.4 is 5.73 Å². The van der Waals surface area contributed by atoms with Gasteiger partial charge in [-0.1, -0.05) is 18.2 Å². The minimum Gasteiger partial charge on any atom is -0.399 e. The zero-order valence-corrected chi connectivity index (χ0v) is 14.7. The molecule has 2 N–H and O–H groups in total. The molecule has 3 aromatic rings. The molecule has 106 valence electrons. The molecule has 0 amide bonds. The van der Waals surface area contributed by atoms with Gasteiger partial charge in [-0.05, 0) is 82.6 Å². The van der Waals surface area contributed by atoms with Crippen LogP contribution in [0.3, 0.4) is 0 Å². The fraction of sp³-hybridized carbons (Fsp3) is 0.111. The number of nitrogen functional groups attached to an aromatic ring is 1. The van der Waals surface area contributed by atoms with E-state index in [1.54, 1.807) is 0 Å². The molecule has 0 radical (unpaired) electrons. The van der Waals surface area contributed by atoms with Crippen molar-refractivity contribution in [3.63, 3.8) is 0 Å². The number of rotatable bonds is 3. The molecule has 3 rings (SSSR count). The lowest BCUT2D eigenvalue weighted by atomic mass is 10.1. The first-order valence-electron chi connectivity index (χ1n) is 6.81. The van der Waals surface area contributed by atoms with Crippen molar-refractivity contribution in [2.75, 3.05) is 5.73 Å². The molecule has 0 saturated heterocycles. The molecule has 3 heteroatoms.